The average molecular weight is 558 g/mol. The number of nitrogens with one attached hydrogen (secondary N) is 3. The van der Waals surface area contributed by atoms with Gasteiger partial charge in [0, 0.05) is 60.0 Å². The van der Waals surface area contributed by atoms with Crippen LogP contribution in [0.3, 0.4) is 0 Å². The van der Waals surface area contributed by atoms with E-state index >= 15 is 0 Å². The molecule has 0 aliphatic carbocycles. The smallest absolute Gasteiger partial charge is 0.411 e. The van der Waals surface area contributed by atoms with Crippen molar-refractivity contribution >= 4 is 23.5 Å². The molecule has 0 saturated carbocycles. The van der Waals surface area contributed by atoms with Crippen LogP contribution in [0.4, 0.5) is 20.6 Å². The summed E-state index contributed by atoms with van der Waals surface area (Å²) >= 11 is 0. The summed E-state index contributed by atoms with van der Waals surface area (Å²) in [5.41, 5.74) is 5.87. The number of hydrogen-bond donors (Lipinski definition) is 3. The molecule has 0 spiro atoms. The molecule has 2 aromatic heterocycles. The number of anilines is 2. The molecule has 1 unspecified atom stereocenters. The predicted octanol–water partition coefficient (Wildman–Crippen LogP) is 6.68. The van der Waals surface area contributed by atoms with Crippen LogP contribution in [-0.4, -0.2) is 52.7 Å². The number of rotatable bonds is 8. The number of carbonyl (C=O) groups is 1. The Kier molecular flexibility index (Phi) is 9.51. The molecule has 0 radical (unpaired) electrons. The van der Waals surface area contributed by atoms with Gasteiger partial charge in [0.2, 0.25) is 0 Å². The van der Waals surface area contributed by atoms with E-state index in [-0.39, 0.29) is 18.0 Å². The quantitative estimate of drug-likeness (QED) is 0.269. The monoisotopic (exact) mass is 557 g/mol. The average Bonchev–Trinajstić information content (AvgIpc) is 3.54. The van der Waals surface area contributed by atoms with Crippen LogP contribution in [0.2, 0.25) is 0 Å². The second-order valence-electron chi connectivity index (χ2n) is 11.1. The van der Waals surface area contributed by atoms with Crippen LogP contribution in [0.5, 0.6) is 0 Å². The van der Waals surface area contributed by atoms with E-state index in [1.165, 1.54) is 6.07 Å². The van der Waals surface area contributed by atoms with Gasteiger partial charge in [-0.05, 0) is 65.3 Å². The summed E-state index contributed by atoms with van der Waals surface area (Å²) < 4.78 is 20.3. The molecule has 4 rings (SSSR count). The highest BCUT2D eigenvalue weighted by Crippen LogP contribution is 2.38. The highest BCUT2D eigenvalue weighted by atomic mass is 19.1. The van der Waals surface area contributed by atoms with Crippen molar-refractivity contribution in [3.63, 3.8) is 0 Å². The molecule has 1 aliphatic rings. The van der Waals surface area contributed by atoms with Gasteiger partial charge in [0.05, 0.1) is 23.0 Å². The number of pyridine rings is 1. The summed E-state index contributed by atoms with van der Waals surface area (Å²) in [6, 6.07) is 6.75. The SMILES string of the molecule is C=Cc1c(CCNC)[nH]c(-c2ccncc2C#CC2CCCN2C(=O)OC(C)(C)C)c1Nc1cccc(F)c1CC. The third-order valence-corrected chi connectivity index (χ3v) is 7.03. The van der Waals surface area contributed by atoms with Crippen LogP contribution in [-0.2, 0) is 17.6 Å². The molecule has 1 aromatic carbocycles. The lowest BCUT2D eigenvalue weighted by atomic mass is 10.0. The molecule has 1 atom stereocenters. The maximum absolute atomic E-state index is 14.7. The van der Waals surface area contributed by atoms with Crippen molar-refractivity contribution in [3.05, 3.63) is 71.4 Å². The fraction of sp³-hybridized carbons (Fsp3) is 0.394. The number of likely N-dealkylation sites (tertiary alicyclic amines) is 1. The highest BCUT2D eigenvalue weighted by molar-refractivity contribution is 5.89. The zero-order valence-electron chi connectivity index (χ0n) is 24.7. The maximum atomic E-state index is 14.7. The van der Waals surface area contributed by atoms with E-state index in [0.717, 1.165) is 59.6 Å². The molecule has 1 amide bonds. The molecular weight excluding hydrogens is 517 g/mol. The minimum Gasteiger partial charge on any atom is -0.444 e. The molecular formula is C33H40FN5O2. The predicted molar refractivity (Wildman–Crippen MR) is 164 cm³/mol. The summed E-state index contributed by atoms with van der Waals surface area (Å²) in [7, 11) is 1.91. The second-order valence-corrected chi connectivity index (χ2v) is 11.1. The van der Waals surface area contributed by atoms with Gasteiger partial charge in [0.25, 0.3) is 0 Å². The first-order valence-electron chi connectivity index (χ1n) is 14.2. The summed E-state index contributed by atoms with van der Waals surface area (Å²) in [5.74, 6) is 6.37. The molecule has 1 saturated heterocycles. The summed E-state index contributed by atoms with van der Waals surface area (Å²) in [6.07, 6.45) is 7.89. The molecule has 3 aromatic rings. The van der Waals surface area contributed by atoms with Gasteiger partial charge in [0.15, 0.2) is 0 Å². The maximum Gasteiger partial charge on any atom is 0.411 e. The van der Waals surface area contributed by atoms with Gasteiger partial charge in [-0.2, -0.15) is 0 Å². The Morgan fingerprint density at radius 1 is 1.34 bits per heavy atom. The lowest BCUT2D eigenvalue weighted by Gasteiger charge is -2.26. The van der Waals surface area contributed by atoms with E-state index in [1.54, 1.807) is 23.4 Å². The number of benzene rings is 1. The van der Waals surface area contributed by atoms with Gasteiger partial charge in [-0.25, -0.2) is 9.18 Å². The standard InChI is InChI=1S/C33H40FN5O2/c1-7-24-27(34)12-9-13-28(24)37-30-25(8-2)29(17-18-35-6)38-31(30)26-16-19-36-21-22(26)14-15-23-11-10-20-39(23)32(40)41-33(3,4)5/h8-9,12-13,16,19,21,23,35,37-38H,2,7,10-11,17-18,20H2,1,3-6H3. The van der Waals surface area contributed by atoms with Crippen molar-refractivity contribution in [1.82, 2.24) is 20.2 Å². The van der Waals surface area contributed by atoms with Crippen molar-refractivity contribution in [1.29, 1.82) is 0 Å². The number of likely N-dealkylation sites (N-methyl/N-ethyl adjacent to an activating group) is 1. The third kappa shape index (κ3) is 6.98. The van der Waals surface area contributed by atoms with E-state index in [2.05, 4.69) is 39.0 Å². The molecule has 0 bridgehead atoms. The van der Waals surface area contributed by atoms with Gasteiger partial charge in [-0.3, -0.25) is 9.88 Å². The normalized spacial score (nSPS) is 14.9. The van der Waals surface area contributed by atoms with Gasteiger partial charge in [-0.15, -0.1) is 0 Å². The number of aromatic amines is 1. The van der Waals surface area contributed by atoms with Crippen LogP contribution in [0, 0.1) is 17.7 Å². The Morgan fingerprint density at radius 2 is 2.15 bits per heavy atom. The van der Waals surface area contributed by atoms with Gasteiger partial charge < -0.3 is 20.4 Å². The van der Waals surface area contributed by atoms with Crippen LogP contribution < -0.4 is 10.6 Å². The van der Waals surface area contributed by atoms with Gasteiger partial charge >= 0.3 is 6.09 Å². The first-order chi connectivity index (χ1) is 19.7. The number of ether oxygens (including phenoxy) is 1. The number of nitrogens with zero attached hydrogens (tertiary/aromatic N) is 2. The van der Waals surface area contributed by atoms with Crippen molar-refractivity contribution in [2.24, 2.45) is 0 Å². The Labute approximate surface area is 242 Å². The van der Waals surface area contributed by atoms with Crippen LogP contribution >= 0.6 is 0 Å². The number of amides is 1. The second kappa shape index (κ2) is 13.0. The minimum atomic E-state index is -0.571. The zero-order valence-corrected chi connectivity index (χ0v) is 24.7. The summed E-state index contributed by atoms with van der Waals surface area (Å²) in [4.78, 5) is 22.4. The first-order valence-corrected chi connectivity index (χ1v) is 14.2. The highest BCUT2D eigenvalue weighted by Gasteiger charge is 2.31. The largest absolute Gasteiger partial charge is 0.444 e. The molecule has 3 N–H and O–H groups in total. The molecule has 8 heteroatoms. The van der Waals surface area contributed by atoms with Crippen molar-refractivity contribution in [2.45, 2.75) is 65.0 Å². The topological polar surface area (TPSA) is 82.3 Å². The van der Waals surface area contributed by atoms with E-state index in [1.807, 2.05) is 53.0 Å². The van der Waals surface area contributed by atoms with E-state index in [9.17, 15) is 9.18 Å². The molecule has 1 fully saturated rings. The van der Waals surface area contributed by atoms with E-state index < -0.39 is 5.60 Å². The van der Waals surface area contributed by atoms with Gasteiger partial charge in [-0.1, -0.05) is 37.5 Å². The summed E-state index contributed by atoms with van der Waals surface area (Å²) in [6.45, 7) is 13.0. The number of aromatic nitrogens is 2. The number of hydrogen-bond acceptors (Lipinski definition) is 5. The minimum absolute atomic E-state index is 0.242. The first kappa shape index (κ1) is 29.9. The molecule has 7 nitrogen and oxygen atoms in total. The lowest BCUT2D eigenvalue weighted by molar-refractivity contribution is 0.0261. The Morgan fingerprint density at radius 3 is 2.85 bits per heavy atom. The Hall–Kier alpha value is -4.09. The molecule has 1 aliphatic heterocycles. The van der Waals surface area contributed by atoms with Crippen molar-refractivity contribution in [2.75, 3.05) is 25.5 Å². The Balaban J connectivity index is 1.77. The van der Waals surface area contributed by atoms with Crippen LogP contribution in [0.15, 0.2) is 43.2 Å². The lowest BCUT2D eigenvalue weighted by Crippen LogP contribution is -2.39. The van der Waals surface area contributed by atoms with E-state index in [4.69, 9.17) is 4.74 Å². The fourth-order valence-electron chi connectivity index (χ4n) is 5.07. The number of carbonyl (C=O) groups excluding carboxylic acids is 1. The Bertz CT molecular complexity index is 1460. The van der Waals surface area contributed by atoms with Crippen LogP contribution in [0.1, 0.15) is 62.9 Å². The number of halogens is 1. The van der Waals surface area contributed by atoms with Crippen LogP contribution in [0.25, 0.3) is 17.3 Å². The van der Waals surface area contributed by atoms with Gasteiger partial charge in [0.1, 0.15) is 11.4 Å². The number of H-pyrrole nitrogens is 1. The molecule has 3 heterocycles. The molecule has 216 valence electrons. The van der Waals surface area contributed by atoms with Crippen molar-refractivity contribution in [3.8, 4) is 23.1 Å². The summed E-state index contributed by atoms with van der Waals surface area (Å²) in [5, 5.41) is 6.72. The molecule has 41 heavy (non-hydrogen) atoms. The fourth-order valence-corrected chi connectivity index (χ4v) is 5.07. The van der Waals surface area contributed by atoms with Crippen molar-refractivity contribution < 1.29 is 13.9 Å². The van der Waals surface area contributed by atoms with E-state index in [0.29, 0.717) is 24.2 Å². The zero-order chi connectivity index (χ0) is 29.6. The third-order valence-electron chi connectivity index (χ3n) is 7.03.